The summed E-state index contributed by atoms with van der Waals surface area (Å²) in [6.07, 6.45) is 2.31. The minimum absolute atomic E-state index is 0.158. The monoisotopic (exact) mass is 335 g/mol. The van der Waals surface area contributed by atoms with Crippen molar-refractivity contribution in [1.29, 1.82) is 0 Å². The molecule has 2 aromatic rings. The number of fused-ring (bicyclic) bond motifs is 2. The summed E-state index contributed by atoms with van der Waals surface area (Å²) < 4.78 is 11.0. The Morgan fingerprint density at radius 2 is 1.80 bits per heavy atom. The fourth-order valence-corrected chi connectivity index (χ4v) is 3.96. The van der Waals surface area contributed by atoms with Crippen LogP contribution in [0.2, 0.25) is 0 Å². The molecule has 0 unspecified atom stereocenters. The number of carbonyl (C=O) groups excluding carboxylic acids is 1. The normalized spacial score (nSPS) is 20.8. The second-order valence-electron chi connectivity index (χ2n) is 6.61. The van der Waals surface area contributed by atoms with Crippen LogP contribution < -0.4 is 14.8 Å². The lowest BCUT2D eigenvalue weighted by molar-refractivity contribution is -0.116. The maximum atomic E-state index is 12.7. The summed E-state index contributed by atoms with van der Waals surface area (Å²) in [5.41, 5.74) is 4.78. The first-order valence-corrected chi connectivity index (χ1v) is 8.46. The number of carbonyl (C=O) groups is 1. The van der Waals surface area contributed by atoms with Gasteiger partial charge in [0.15, 0.2) is 17.3 Å². The fourth-order valence-electron chi connectivity index (χ4n) is 3.96. The van der Waals surface area contributed by atoms with Crippen LogP contribution >= 0.6 is 0 Å². The first-order valence-electron chi connectivity index (χ1n) is 8.46. The Hall–Kier alpha value is -2.95. The number of phenols is 1. The molecule has 2 N–H and O–H groups in total. The number of rotatable bonds is 1. The Balaban J connectivity index is 1.73. The molecule has 5 heteroatoms. The third kappa shape index (κ3) is 2.19. The number of ketones is 1. The van der Waals surface area contributed by atoms with E-state index in [9.17, 15) is 9.90 Å². The third-order valence-electron chi connectivity index (χ3n) is 5.11. The number of benzene rings is 2. The van der Waals surface area contributed by atoms with Gasteiger partial charge in [-0.25, -0.2) is 0 Å². The highest BCUT2D eigenvalue weighted by Crippen LogP contribution is 2.49. The SMILES string of the molecule is O=C1CCCC2=C1[C@@H](c1ccc(O)cc1)c1cc3c(cc1N2)OCO3. The molecule has 1 atom stereocenters. The van der Waals surface area contributed by atoms with Crippen molar-refractivity contribution < 1.29 is 19.4 Å². The van der Waals surface area contributed by atoms with Crippen LogP contribution in [-0.4, -0.2) is 17.7 Å². The Morgan fingerprint density at radius 1 is 1.04 bits per heavy atom. The van der Waals surface area contributed by atoms with E-state index in [0.29, 0.717) is 12.2 Å². The molecule has 2 aliphatic heterocycles. The van der Waals surface area contributed by atoms with Gasteiger partial charge in [0.2, 0.25) is 6.79 Å². The zero-order chi connectivity index (χ0) is 17.0. The van der Waals surface area contributed by atoms with Gasteiger partial charge in [0.05, 0.1) is 0 Å². The van der Waals surface area contributed by atoms with Crippen LogP contribution in [0.5, 0.6) is 17.2 Å². The van der Waals surface area contributed by atoms with Crippen molar-refractivity contribution in [1.82, 2.24) is 0 Å². The number of phenolic OH excluding ortho intramolecular Hbond substituents is 1. The lowest BCUT2D eigenvalue weighted by Gasteiger charge is -2.34. The van der Waals surface area contributed by atoms with Crippen LogP contribution in [0.15, 0.2) is 47.7 Å². The van der Waals surface area contributed by atoms with Gasteiger partial charge in [-0.15, -0.1) is 0 Å². The molecule has 0 amide bonds. The molecule has 0 fully saturated rings. The molecule has 0 bridgehead atoms. The lowest BCUT2D eigenvalue weighted by atomic mass is 9.75. The topological polar surface area (TPSA) is 67.8 Å². The molecule has 0 spiro atoms. The second-order valence-corrected chi connectivity index (χ2v) is 6.61. The number of hydrogen-bond donors (Lipinski definition) is 2. The summed E-state index contributed by atoms with van der Waals surface area (Å²) in [6.45, 7) is 0.216. The zero-order valence-corrected chi connectivity index (χ0v) is 13.5. The average Bonchev–Trinajstić information content (AvgIpc) is 3.06. The largest absolute Gasteiger partial charge is 0.508 e. The summed E-state index contributed by atoms with van der Waals surface area (Å²) in [5, 5.41) is 13.1. The van der Waals surface area contributed by atoms with Crippen molar-refractivity contribution in [2.45, 2.75) is 25.2 Å². The average molecular weight is 335 g/mol. The van der Waals surface area contributed by atoms with E-state index in [1.165, 1.54) is 0 Å². The van der Waals surface area contributed by atoms with Crippen LogP contribution in [0.25, 0.3) is 0 Å². The predicted octanol–water partition coefficient (Wildman–Crippen LogP) is 3.69. The van der Waals surface area contributed by atoms with Crippen molar-refractivity contribution in [3.8, 4) is 17.2 Å². The summed E-state index contributed by atoms with van der Waals surface area (Å²) in [5.74, 6) is 1.68. The van der Waals surface area contributed by atoms with E-state index in [-0.39, 0.29) is 24.2 Å². The first kappa shape index (κ1) is 14.4. The predicted molar refractivity (Wildman–Crippen MR) is 92.0 cm³/mol. The number of ether oxygens (including phenoxy) is 2. The molecular formula is C20H17NO4. The quantitative estimate of drug-likeness (QED) is 0.832. The van der Waals surface area contributed by atoms with Gasteiger partial charge in [-0.3, -0.25) is 4.79 Å². The van der Waals surface area contributed by atoms with E-state index < -0.39 is 0 Å². The summed E-state index contributed by atoms with van der Waals surface area (Å²) in [6, 6.07) is 11.0. The van der Waals surface area contributed by atoms with Crippen molar-refractivity contribution in [2.75, 3.05) is 12.1 Å². The van der Waals surface area contributed by atoms with Crippen LogP contribution in [0, 0.1) is 0 Å². The number of aromatic hydroxyl groups is 1. The highest BCUT2D eigenvalue weighted by Gasteiger charge is 2.36. The van der Waals surface area contributed by atoms with Crippen molar-refractivity contribution >= 4 is 11.5 Å². The zero-order valence-electron chi connectivity index (χ0n) is 13.5. The molecule has 0 saturated heterocycles. The van der Waals surface area contributed by atoms with E-state index in [4.69, 9.17) is 9.47 Å². The van der Waals surface area contributed by atoms with Crippen LogP contribution in [-0.2, 0) is 4.79 Å². The van der Waals surface area contributed by atoms with Crippen LogP contribution in [0.3, 0.4) is 0 Å². The van der Waals surface area contributed by atoms with Gasteiger partial charge in [-0.1, -0.05) is 12.1 Å². The first-order chi connectivity index (χ1) is 12.2. The number of allylic oxidation sites excluding steroid dienone is 2. The third-order valence-corrected chi connectivity index (χ3v) is 5.11. The van der Waals surface area contributed by atoms with Gasteiger partial charge < -0.3 is 19.9 Å². The number of nitrogens with one attached hydrogen (secondary N) is 1. The Labute approximate surface area is 144 Å². The molecule has 2 aromatic carbocycles. The van der Waals surface area contributed by atoms with Crippen molar-refractivity contribution in [3.63, 3.8) is 0 Å². The standard InChI is InChI=1S/C20H17NO4/c22-12-6-4-11(5-7-12)19-13-8-17-18(25-10-24-17)9-15(13)21-14-2-1-3-16(23)20(14)19/h4-9,19,21-22H,1-3,10H2/t19-/m0/s1. The van der Waals surface area contributed by atoms with E-state index >= 15 is 0 Å². The van der Waals surface area contributed by atoms with Crippen LogP contribution in [0.1, 0.15) is 36.3 Å². The molecule has 5 rings (SSSR count). The van der Waals surface area contributed by atoms with E-state index in [0.717, 1.165) is 46.7 Å². The Morgan fingerprint density at radius 3 is 2.60 bits per heavy atom. The van der Waals surface area contributed by atoms with Gasteiger partial charge in [-0.2, -0.15) is 0 Å². The second kappa shape index (κ2) is 5.28. The van der Waals surface area contributed by atoms with Gasteiger partial charge in [0, 0.05) is 35.4 Å². The number of Topliss-reactive ketones (excluding diaryl/α,β-unsaturated/α-hetero) is 1. The molecule has 0 aromatic heterocycles. The number of anilines is 1. The maximum Gasteiger partial charge on any atom is 0.231 e. The Kier molecular flexibility index (Phi) is 3.04. The summed E-state index contributed by atoms with van der Waals surface area (Å²) >= 11 is 0. The van der Waals surface area contributed by atoms with Gasteiger partial charge >= 0.3 is 0 Å². The molecule has 0 saturated carbocycles. The fraction of sp³-hybridized carbons (Fsp3) is 0.250. The molecular weight excluding hydrogens is 318 g/mol. The highest BCUT2D eigenvalue weighted by atomic mass is 16.7. The van der Waals surface area contributed by atoms with E-state index in [2.05, 4.69) is 5.32 Å². The number of hydrogen-bond acceptors (Lipinski definition) is 5. The van der Waals surface area contributed by atoms with Gasteiger partial charge in [0.1, 0.15) is 5.75 Å². The minimum Gasteiger partial charge on any atom is -0.508 e. The van der Waals surface area contributed by atoms with Crippen molar-refractivity contribution in [2.24, 2.45) is 0 Å². The molecule has 25 heavy (non-hydrogen) atoms. The molecule has 3 aliphatic rings. The molecule has 1 aliphatic carbocycles. The molecule has 2 heterocycles. The van der Waals surface area contributed by atoms with Gasteiger partial charge in [0.25, 0.3) is 0 Å². The molecule has 5 nitrogen and oxygen atoms in total. The maximum absolute atomic E-state index is 12.7. The summed E-state index contributed by atoms with van der Waals surface area (Å²) in [4.78, 5) is 12.7. The van der Waals surface area contributed by atoms with E-state index in [1.54, 1.807) is 12.1 Å². The minimum atomic E-state index is -0.158. The molecule has 126 valence electrons. The summed E-state index contributed by atoms with van der Waals surface area (Å²) in [7, 11) is 0. The molecule has 0 radical (unpaired) electrons. The lowest BCUT2D eigenvalue weighted by Crippen LogP contribution is -2.26. The van der Waals surface area contributed by atoms with E-state index in [1.807, 2.05) is 24.3 Å². The van der Waals surface area contributed by atoms with Gasteiger partial charge in [-0.05, 0) is 42.2 Å². The smallest absolute Gasteiger partial charge is 0.231 e. The van der Waals surface area contributed by atoms with Crippen molar-refractivity contribution in [3.05, 3.63) is 58.8 Å². The van der Waals surface area contributed by atoms with Crippen LogP contribution in [0.4, 0.5) is 5.69 Å². The Bertz CT molecular complexity index is 914. The highest BCUT2D eigenvalue weighted by molar-refractivity contribution is 6.01.